The molecule has 2 rings (SSSR count). The second kappa shape index (κ2) is 5.08. The van der Waals surface area contributed by atoms with Gasteiger partial charge in [0.05, 0.1) is 13.7 Å². The molecule has 0 amide bonds. The fourth-order valence-electron chi connectivity index (χ4n) is 1.72. The van der Waals surface area contributed by atoms with Gasteiger partial charge in [0.2, 0.25) is 0 Å². The Labute approximate surface area is 105 Å². The predicted molar refractivity (Wildman–Crippen MR) is 63.0 cm³/mol. The van der Waals surface area contributed by atoms with Gasteiger partial charge in [-0.3, -0.25) is 4.79 Å². The summed E-state index contributed by atoms with van der Waals surface area (Å²) in [6.07, 6.45) is -0.0710. The van der Waals surface area contributed by atoms with Gasteiger partial charge in [-0.15, -0.1) is 0 Å². The van der Waals surface area contributed by atoms with Crippen molar-refractivity contribution in [3.8, 4) is 11.5 Å². The summed E-state index contributed by atoms with van der Waals surface area (Å²) in [6, 6.07) is 4.86. The molecule has 18 heavy (non-hydrogen) atoms. The Morgan fingerprint density at radius 3 is 2.72 bits per heavy atom. The molecule has 1 aromatic carbocycles. The van der Waals surface area contributed by atoms with Crippen molar-refractivity contribution in [2.75, 3.05) is 13.7 Å². The van der Waals surface area contributed by atoms with Crippen molar-refractivity contribution >= 4 is 11.8 Å². The minimum absolute atomic E-state index is 0.0554. The number of carbonyl (C=O) groups excluding carboxylic acids is 2. The van der Waals surface area contributed by atoms with Crippen molar-refractivity contribution in [2.45, 2.75) is 19.4 Å². The molecule has 0 aliphatic carbocycles. The van der Waals surface area contributed by atoms with E-state index in [-0.39, 0.29) is 11.8 Å². The first kappa shape index (κ1) is 12.4. The minimum atomic E-state index is -0.595. The Balaban J connectivity index is 2.22. The van der Waals surface area contributed by atoms with Crippen LogP contribution in [0.2, 0.25) is 0 Å². The highest BCUT2D eigenvalue weighted by Gasteiger charge is 2.29. The quantitative estimate of drug-likeness (QED) is 0.600. The number of ether oxygens (including phenoxy) is 3. The van der Waals surface area contributed by atoms with Gasteiger partial charge in [0.15, 0.2) is 23.4 Å². The number of hydrogen-bond acceptors (Lipinski definition) is 5. The largest absolute Gasteiger partial charge is 0.493 e. The molecule has 5 heteroatoms. The third-order valence-corrected chi connectivity index (χ3v) is 2.73. The van der Waals surface area contributed by atoms with E-state index < -0.39 is 6.10 Å². The fraction of sp³-hybridized carbons (Fsp3) is 0.385. The second-order valence-electron chi connectivity index (χ2n) is 3.98. The minimum Gasteiger partial charge on any atom is -0.493 e. The van der Waals surface area contributed by atoms with Crippen LogP contribution < -0.4 is 9.47 Å². The summed E-state index contributed by atoms with van der Waals surface area (Å²) in [4.78, 5) is 22.6. The molecule has 1 heterocycles. The maximum atomic E-state index is 11.3. The van der Waals surface area contributed by atoms with Crippen molar-refractivity contribution in [2.24, 2.45) is 0 Å². The van der Waals surface area contributed by atoms with E-state index >= 15 is 0 Å². The van der Waals surface area contributed by atoms with Gasteiger partial charge in [-0.2, -0.15) is 0 Å². The molecule has 0 bridgehead atoms. The second-order valence-corrected chi connectivity index (χ2v) is 3.98. The van der Waals surface area contributed by atoms with E-state index in [4.69, 9.17) is 14.2 Å². The zero-order valence-electron chi connectivity index (χ0n) is 10.3. The zero-order valence-corrected chi connectivity index (χ0v) is 10.3. The van der Waals surface area contributed by atoms with Gasteiger partial charge in [0, 0.05) is 12.0 Å². The highest BCUT2D eigenvalue weighted by molar-refractivity contribution is 5.94. The number of Topliss-reactive ketones (excluding diaryl/α,β-unsaturated/α-hetero) is 1. The fourth-order valence-corrected chi connectivity index (χ4v) is 1.72. The summed E-state index contributed by atoms with van der Waals surface area (Å²) >= 11 is 0. The van der Waals surface area contributed by atoms with Crippen LogP contribution in [0.25, 0.3) is 0 Å². The van der Waals surface area contributed by atoms with E-state index in [2.05, 4.69) is 0 Å². The molecule has 1 aliphatic heterocycles. The van der Waals surface area contributed by atoms with Crippen LogP contribution in [0.15, 0.2) is 18.2 Å². The van der Waals surface area contributed by atoms with Crippen molar-refractivity contribution in [3.63, 3.8) is 0 Å². The zero-order chi connectivity index (χ0) is 13.1. The lowest BCUT2D eigenvalue weighted by Gasteiger charge is -2.13. The Morgan fingerprint density at radius 1 is 1.39 bits per heavy atom. The molecule has 96 valence electrons. The summed E-state index contributed by atoms with van der Waals surface area (Å²) in [5.41, 5.74) is 0.535. The first-order valence-electron chi connectivity index (χ1n) is 5.64. The molecule has 1 aromatic rings. The Bertz CT molecular complexity index is 480. The maximum absolute atomic E-state index is 11.3. The molecule has 1 atom stereocenters. The number of methoxy groups -OCH3 is 1. The van der Waals surface area contributed by atoms with Crippen molar-refractivity contribution < 1.29 is 23.8 Å². The first-order valence-corrected chi connectivity index (χ1v) is 5.64. The first-order chi connectivity index (χ1) is 8.61. The molecule has 1 aliphatic rings. The average Bonchev–Trinajstić information content (AvgIpc) is 2.75. The molecule has 1 fully saturated rings. The van der Waals surface area contributed by atoms with E-state index in [1.54, 1.807) is 18.2 Å². The lowest BCUT2D eigenvalue weighted by Crippen LogP contribution is -2.22. The molecule has 1 saturated heterocycles. The predicted octanol–water partition coefficient (Wildman–Crippen LogP) is 1.59. The van der Waals surface area contributed by atoms with Gasteiger partial charge in [-0.1, -0.05) is 0 Å². The van der Waals surface area contributed by atoms with E-state index in [0.717, 1.165) is 0 Å². The van der Waals surface area contributed by atoms with Crippen LogP contribution in [0.1, 0.15) is 23.7 Å². The number of rotatable bonds is 4. The van der Waals surface area contributed by atoms with E-state index in [0.29, 0.717) is 30.1 Å². The van der Waals surface area contributed by atoms with Crippen molar-refractivity contribution in [1.82, 2.24) is 0 Å². The molecular formula is C13H14O5. The molecule has 5 nitrogen and oxygen atoms in total. The Kier molecular flexibility index (Phi) is 3.50. The number of ketones is 1. The summed E-state index contributed by atoms with van der Waals surface area (Å²) in [6.45, 7) is 1.85. The topological polar surface area (TPSA) is 61.8 Å². The summed E-state index contributed by atoms with van der Waals surface area (Å²) in [5.74, 6) is 0.446. The molecule has 0 N–H and O–H groups in total. The maximum Gasteiger partial charge on any atom is 0.347 e. The summed E-state index contributed by atoms with van der Waals surface area (Å²) < 4.78 is 15.5. The molecule has 0 aromatic heterocycles. The Morgan fingerprint density at radius 2 is 2.17 bits per heavy atom. The standard InChI is InChI=1S/C13H14O5/c1-8(14)9-3-4-10(12(7-9)16-2)18-11-5-6-17-13(11)15/h3-4,7,11H,5-6H2,1-2H3. The highest BCUT2D eigenvalue weighted by Crippen LogP contribution is 2.30. The lowest BCUT2D eigenvalue weighted by molar-refractivity contribution is -0.143. The normalized spacial score (nSPS) is 18.3. The van der Waals surface area contributed by atoms with E-state index in [9.17, 15) is 9.59 Å². The third kappa shape index (κ3) is 2.45. The average molecular weight is 250 g/mol. The van der Waals surface area contributed by atoms with Gasteiger partial charge in [0.1, 0.15) is 0 Å². The smallest absolute Gasteiger partial charge is 0.347 e. The molecule has 0 spiro atoms. The van der Waals surface area contributed by atoms with Gasteiger partial charge < -0.3 is 14.2 Å². The molecule has 0 radical (unpaired) electrons. The SMILES string of the molecule is COc1cc(C(C)=O)ccc1OC1CCOC1=O. The third-order valence-electron chi connectivity index (χ3n) is 2.73. The number of carbonyl (C=O) groups is 2. The number of benzene rings is 1. The summed E-state index contributed by atoms with van der Waals surface area (Å²) in [7, 11) is 1.49. The summed E-state index contributed by atoms with van der Waals surface area (Å²) in [5, 5.41) is 0. The van der Waals surface area contributed by atoms with Crippen LogP contribution in [-0.2, 0) is 9.53 Å². The monoisotopic (exact) mass is 250 g/mol. The van der Waals surface area contributed by atoms with Gasteiger partial charge >= 0.3 is 5.97 Å². The molecule has 0 saturated carbocycles. The molecule has 1 unspecified atom stereocenters. The molecular weight excluding hydrogens is 236 g/mol. The van der Waals surface area contributed by atoms with Crippen LogP contribution >= 0.6 is 0 Å². The van der Waals surface area contributed by atoms with E-state index in [1.165, 1.54) is 14.0 Å². The van der Waals surface area contributed by atoms with Gasteiger partial charge in [-0.25, -0.2) is 4.79 Å². The van der Waals surface area contributed by atoms with Crippen LogP contribution in [0.5, 0.6) is 11.5 Å². The number of hydrogen-bond donors (Lipinski definition) is 0. The lowest BCUT2D eigenvalue weighted by atomic mass is 10.1. The van der Waals surface area contributed by atoms with Crippen LogP contribution in [0.3, 0.4) is 0 Å². The van der Waals surface area contributed by atoms with Crippen molar-refractivity contribution in [3.05, 3.63) is 23.8 Å². The van der Waals surface area contributed by atoms with Gasteiger partial charge in [0.25, 0.3) is 0 Å². The van der Waals surface area contributed by atoms with Crippen LogP contribution in [0.4, 0.5) is 0 Å². The number of esters is 1. The number of cyclic esters (lactones) is 1. The Hall–Kier alpha value is -2.04. The van der Waals surface area contributed by atoms with Gasteiger partial charge in [-0.05, 0) is 25.1 Å². The van der Waals surface area contributed by atoms with Crippen LogP contribution in [0, 0.1) is 0 Å². The van der Waals surface area contributed by atoms with Crippen molar-refractivity contribution in [1.29, 1.82) is 0 Å². The highest BCUT2D eigenvalue weighted by atomic mass is 16.6. The van der Waals surface area contributed by atoms with Crippen LogP contribution in [-0.4, -0.2) is 31.6 Å². The van der Waals surface area contributed by atoms with E-state index in [1.807, 2.05) is 0 Å².